The van der Waals surface area contributed by atoms with Crippen LogP contribution in [-0.2, 0) is 0 Å². The third-order valence-electron chi connectivity index (χ3n) is 1.67. The predicted octanol–water partition coefficient (Wildman–Crippen LogP) is 1.10. The summed E-state index contributed by atoms with van der Waals surface area (Å²) in [4.78, 5) is 3.90. The first kappa shape index (κ1) is 7.27. The molecular weight excluding hydrogens is 154 g/mol. The van der Waals surface area contributed by atoms with Crippen molar-refractivity contribution >= 4 is 12.0 Å². The van der Waals surface area contributed by atoms with Crippen LogP contribution in [0.3, 0.4) is 0 Å². The van der Waals surface area contributed by atoms with E-state index >= 15 is 0 Å². The first-order valence-electron chi connectivity index (χ1n) is 3.68. The second-order valence-corrected chi connectivity index (χ2v) is 2.49. The molecule has 0 saturated heterocycles. The van der Waals surface area contributed by atoms with Crippen molar-refractivity contribution in [1.29, 1.82) is 0 Å². The van der Waals surface area contributed by atoms with Crippen molar-refractivity contribution in [1.82, 2.24) is 5.17 Å². The van der Waals surface area contributed by atoms with Gasteiger partial charge in [-0.2, -0.15) is 0 Å². The van der Waals surface area contributed by atoms with Crippen LogP contribution in [-0.4, -0.2) is 23.4 Å². The van der Waals surface area contributed by atoms with Gasteiger partial charge >= 0.3 is 0 Å². The molecule has 0 unspecified atom stereocenters. The fraction of sp³-hybridized carbons (Fsp3) is 0.125. The van der Waals surface area contributed by atoms with Crippen LogP contribution in [0.5, 0.6) is 0 Å². The van der Waals surface area contributed by atoms with Gasteiger partial charge < -0.3 is 0 Å². The highest BCUT2D eigenvalue weighted by atomic mass is 16.6. The van der Waals surface area contributed by atoms with Gasteiger partial charge in [0.05, 0.1) is 5.69 Å². The van der Waals surface area contributed by atoms with Crippen molar-refractivity contribution in [3.05, 3.63) is 30.3 Å². The lowest BCUT2D eigenvalue weighted by atomic mass is 10.3. The van der Waals surface area contributed by atoms with E-state index in [0.717, 1.165) is 10.9 Å². The molecule has 1 aliphatic heterocycles. The third-order valence-corrected chi connectivity index (χ3v) is 1.67. The molecule has 1 N–H and O–H groups in total. The van der Waals surface area contributed by atoms with Gasteiger partial charge in [-0.3, -0.25) is 10.2 Å². The number of benzene rings is 1. The van der Waals surface area contributed by atoms with Crippen LogP contribution in [0.25, 0.3) is 0 Å². The number of hydrogen-bond donors (Lipinski definition) is 1. The molecule has 1 aromatic carbocycles. The molecule has 4 nitrogen and oxygen atoms in total. The van der Waals surface area contributed by atoms with Crippen molar-refractivity contribution in [3.63, 3.8) is 0 Å². The van der Waals surface area contributed by atoms with Gasteiger partial charge in [0, 0.05) is 0 Å². The second kappa shape index (κ2) is 2.92. The lowest BCUT2D eigenvalue weighted by Gasteiger charge is -2.20. The molecule has 0 aromatic heterocycles. The summed E-state index contributed by atoms with van der Waals surface area (Å²) >= 11 is 0. The zero-order valence-corrected chi connectivity index (χ0v) is 6.46. The van der Waals surface area contributed by atoms with Gasteiger partial charge in [-0.15, -0.1) is 0 Å². The lowest BCUT2D eigenvalue weighted by molar-refractivity contribution is -0.0769. The van der Waals surface area contributed by atoms with Crippen molar-refractivity contribution in [3.8, 4) is 0 Å². The third kappa shape index (κ3) is 1.17. The van der Waals surface area contributed by atoms with E-state index < -0.39 is 0 Å². The molecule has 2 rings (SSSR count). The molecule has 1 aliphatic rings. The van der Waals surface area contributed by atoms with Crippen molar-refractivity contribution in [2.75, 3.05) is 11.7 Å². The second-order valence-electron chi connectivity index (χ2n) is 2.49. The first-order valence-corrected chi connectivity index (χ1v) is 3.68. The van der Waals surface area contributed by atoms with Crippen molar-refractivity contribution in [2.24, 2.45) is 4.99 Å². The maximum atomic E-state index is 9.28. The van der Waals surface area contributed by atoms with E-state index in [2.05, 4.69) is 4.99 Å². The molecule has 4 heteroatoms. The quantitative estimate of drug-likeness (QED) is 0.673. The average molecular weight is 163 g/mol. The highest BCUT2D eigenvalue weighted by Gasteiger charge is 2.15. The van der Waals surface area contributed by atoms with Gasteiger partial charge in [-0.05, 0) is 12.1 Å². The van der Waals surface area contributed by atoms with Gasteiger partial charge in [-0.25, -0.2) is 5.01 Å². The van der Waals surface area contributed by atoms with E-state index in [1.807, 2.05) is 30.3 Å². The van der Waals surface area contributed by atoms with Crippen LogP contribution >= 0.6 is 0 Å². The molecule has 0 bridgehead atoms. The average Bonchev–Trinajstić information content (AvgIpc) is 2.53. The zero-order chi connectivity index (χ0) is 8.39. The molecule has 0 spiro atoms. The fourth-order valence-corrected chi connectivity index (χ4v) is 1.10. The number of anilines is 1. The summed E-state index contributed by atoms with van der Waals surface area (Å²) in [7, 11) is 0. The zero-order valence-electron chi connectivity index (χ0n) is 6.46. The number of hydrogen-bond acceptors (Lipinski definition) is 4. The Hall–Kier alpha value is -1.39. The number of hydrazine groups is 1. The smallest absolute Gasteiger partial charge is 0.138 e. The van der Waals surface area contributed by atoms with E-state index in [9.17, 15) is 5.21 Å². The summed E-state index contributed by atoms with van der Waals surface area (Å²) in [5.74, 6) is 0. The minimum atomic E-state index is 0.300. The summed E-state index contributed by atoms with van der Waals surface area (Å²) in [6.45, 7) is 0.300. The van der Waals surface area contributed by atoms with E-state index in [-0.39, 0.29) is 0 Å². The minimum Gasteiger partial charge on any atom is -0.292 e. The molecule has 62 valence electrons. The Labute approximate surface area is 70.3 Å². The Kier molecular flexibility index (Phi) is 1.77. The van der Waals surface area contributed by atoms with Gasteiger partial charge in [0.25, 0.3) is 0 Å². The number of rotatable bonds is 1. The van der Waals surface area contributed by atoms with E-state index in [4.69, 9.17) is 0 Å². The maximum Gasteiger partial charge on any atom is 0.138 e. The van der Waals surface area contributed by atoms with Gasteiger partial charge in [0.1, 0.15) is 13.0 Å². The predicted molar refractivity (Wildman–Crippen MR) is 45.9 cm³/mol. The molecule has 1 heterocycles. The summed E-state index contributed by atoms with van der Waals surface area (Å²) in [6, 6.07) is 9.56. The van der Waals surface area contributed by atoms with Crippen molar-refractivity contribution in [2.45, 2.75) is 0 Å². The minimum absolute atomic E-state index is 0.300. The standard InChI is InChI=1S/C8H9N3O/c12-11-7-9-6-10(11)8-4-2-1-3-5-8/h1-6,12H,7H2. The molecule has 12 heavy (non-hydrogen) atoms. The van der Waals surface area contributed by atoms with Crippen LogP contribution in [0.2, 0.25) is 0 Å². The Morgan fingerprint density at radius 1 is 1.25 bits per heavy atom. The highest BCUT2D eigenvalue weighted by Crippen LogP contribution is 2.15. The van der Waals surface area contributed by atoms with Crippen LogP contribution in [0.15, 0.2) is 35.3 Å². The lowest BCUT2D eigenvalue weighted by Crippen LogP contribution is -2.34. The fourth-order valence-electron chi connectivity index (χ4n) is 1.10. The molecule has 0 aliphatic carbocycles. The van der Waals surface area contributed by atoms with Crippen LogP contribution < -0.4 is 5.01 Å². The maximum absolute atomic E-state index is 9.28. The van der Waals surface area contributed by atoms with Gasteiger partial charge in [0.15, 0.2) is 0 Å². The van der Waals surface area contributed by atoms with Crippen LogP contribution in [0.4, 0.5) is 5.69 Å². The highest BCUT2D eigenvalue weighted by molar-refractivity contribution is 5.78. The summed E-state index contributed by atoms with van der Waals surface area (Å²) < 4.78 is 0. The number of hydroxylamine groups is 1. The normalized spacial score (nSPS) is 17.2. The van der Waals surface area contributed by atoms with E-state index in [1.54, 1.807) is 11.3 Å². The van der Waals surface area contributed by atoms with Crippen LogP contribution in [0.1, 0.15) is 0 Å². The molecule has 0 radical (unpaired) electrons. The Bertz CT molecular complexity index is 286. The SMILES string of the molecule is ON1CN=CN1c1ccccc1. The van der Waals surface area contributed by atoms with E-state index in [0.29, 0.717) is 6.67 Å². The van der Waals surface area contributed by atoms with Gasteiger partial charge in [-0.1, -0.05) is 23.4 Å². The number of para-hydroxylation sites is 1. The molecule has 0 amide bonds. The van der Waals surface area contributed by atoms with Crippen molar-refractivity contribution < 1.29 is 5.21 Å². The largest absolute Gasteiger partial charge is 0.292 e. The van der Waals surface area contributed by atoms with E-state index in [1.165, 1.54) is 0 Å². The molecule has 1 aromatic rings. The summed E-state index contributed by atoms with van der Waals surface area (Å²) in [5, 5.41) is 11.9. The molecular formula is C8H9N3O. The Balaban J connectivity index is 2.25. The molecule has 0 saturated carbocycles. The van der Waals surface area contributed by atoms with Crippen LogP contribution in [0, 0.1) is 0 Å². The molecule has 0 atom stereocenters. The Morgan fingerprint density at radius 3 is 2.58 bits per heavy atom. The molecule has 0 fully saturated rings. The summed E-state index contributed by atoms with van der Waals surface area (Å²) in [5.41, 5.74) is 0.904. The topological polar surface area (TPSA) is 39.1 Å². The number of nitrogens with zero attached hydrogens (tertiary/aromatic N) is 3. The first-order chi connectivity index (χ1) is 5.88. The van der Waals surface area contributed by atoms with Gasteiger partial charge in [0.2, 0.25) is 0 Å². The monoisotopic (exact) mass is 163 g/mol. The summed E-state index contributed by atoms with van der Waals surface area (Å²) in [6.07, 6.45) is 1.59. The Morgan fingerprint density at radius 2 is 2.00 bits per heavy atom. The number of aliphatic imine (C=N–C) groups is 1.